The number of carbonyl (C=O) groups is 3. The van der Waals surface area contributed by atoms with Crippen molar-refractivity contribution < 1.29 is 23.9 Å². The summed E-state index contributed by atoms with van der Waals surface area (Å²) in [6, 6.07) is 19.5. The quantitative estimate of drug-likeness (QED) is 0.195. The van der Waals surface area contributed by atoms with Crippen molar-refractivity contribution in [3.05, 3.63) is 88.9 Å². The van der Waals surface area contributed by atoms with E-state index in [1.807, 2.05) is 0 Å². The normalized spacial score (nSPS) is 10.4. The Labute approximate surface area is 188 Å². The van der Waals surface area contributed by atoms with E-state index in [0.717, 1.165) is 0 Å². The fraction of sp³-hybridized carbons (Fsp3) is 0.0435. The fourth-order valence-electron chi connectivity index (χ4n) is 2.56. The van der Waals surface area contributed by atoms with E-state index in [1.165, 1.54) is 13.3 Å². The number of amides is 2. The minimum Gasteiger partial charge on any atom is -0.495 e. The summed E-state index contributed by atoms with van der Waals surface area (Å²) in [6.07, 6.45) is 1.26. The van der Waals surface area contributed by atoms with E-state index in [0.29, 0.717) is 27.6 Å². The van der Waals surface area contributed by atoms with Crippen LogP contribution in [0.2, 0.25) is 5.02 Å². The Morgan fingerprint density at radius 3 is 2.25 bits per heavy atom. The van der Waals surface area contributed by atoms with Gasteiger partial charge in [0.05, 0.1) is 24.6 Å². The van der Waals surface area contributed by atoms with E-state index in [9.17, 15) is 14.4 Å². The van der Waals surface area contributed by atoms with E-state index >= 15 is 0 Å². The van der Waals surface area contributed by atoms with Gasteiger partial charge in [0.2, 0.25) is 0 Å². The second-order valence-electron chi connectivity index (χ2n) is 6.29. The van der Waals surface area contributed by atoms with Crippen LogP contribution in [0.15, 0.2) is 77.9 Å². The molecule has 32 heavy (non-hydrogen) atoms. The summed E-state index contributed by atoms with van der Waals surface area (Å²) in [5, 5.41) is 6.71. The van der Waals surface area contributed by atoms with Crippen LogP contribution in [-0.2, 0) is 9.59 Å². The second-order valence-corrected chi connectivity index (χ2v) is 6.72. The number of benzene rings is 3. The van der Waals surface area contributed by atoms with Crippen LogP contribution in [-0.4, -0.2) is 31.1 Å². The molecule has 3 rings (SSSR count). The van der Waals surface area contributed by atoms with Crippen LogP contribution in [0.5, 0.6) is 11.5 Å². The average Bonchev–Trinajstić information content (AvgIpc) is 2.80. The first-order chi connectivity index (χ1) is 15.5. The molecule has 0 radical (unpaired) electrons. The lowest BCUT2D eigenvalue weighted by molar-refractivity contribution is -0.136. The standard InChI is InChI=1S/C23H18ClN3O5/c1-31-20-9-5-3-7-18(20)26-21(28)22(29)27-25-14-16-6-2-4-8-19(16)32-23(30)15-10-12-17(24)13-11-15/h2-14H,1H3,(H,26,28)(H,27,29). The molecule has 162 valence electrons. The summed E-state index contributed by atoms with van der Waals surface area (Å²) >= 11 is 5.83. The van der Waals surface area contributed by atoms with Crippen molar-refractivity contribution in [1.82, 2.24) is 5.43 Å². The SMILES string of the molecule is COc1ccccc1NC(=O)C(=O)NN=Cc1ccccc1OC(=O)c1ccc(Cl)cc1. The lowest BCUT2D eigenvalue weighted by Crippen LogP contribution is -2.32. The Balaban J connectivity index is 1.63. The molecule has 0 aliphatic heterocycles. The lowest BCUT2D eigenvalue weighted by Gasteiger charge is -2.09. The molecular formula is C23H18ClN3O5. The molecule has 9 heteroatoms. The minimum absolute atomic E-state index is 0.226. The van der Waals surface area contributed by atoms with Crippen LogP contribution in [0, 0.1) is 0 Å². The smallest absolute Gasteiger partial charge is 0.343 e. The monoisotopic (exact) mass is 451 g/mol. The largest absolute Gasteiger partial charge is 0.495 e. The number of esters is 1. The van der Waals surface area contributed by atoms with Gasteiger partial charge in [-0.1, -0.05) is 35.9 Å². The Bertz CT molecular complexity index is 1160. The Kier molecular flexibility index (Phi) is 7.55. The van der Waals surface area contributed by atoms with Crippen molar-refractivity contribution in [2.75, 3.05) is 12.4 Å². The number of hydrazone groups is 1. The predicted octanol–water partition coefficient (Wildman–Crippen LogP) is 3.66. The molecule has 0 unspecified atom stereocenters. The molecule has 0 saturated carbocycles. The van der Waals surface area contributed by atoms with Crippen LogP contribution in [0.3, 0.4) is 0 Å². The van der Waals surface area contributed by atoms with E-state index in [-0.39, 0.29) is 5.75 Å². The van der Waals surface area contributed by atoms with Gasteiger partial charge in [-0.3, -0.25) is 9.59 Å². The number of rotatable bonds is 6. The molecule has 0 saturated heterocycles. The maximum atomic E-state index is 12.3. The fourth-order valence-corrected chi connectivity index (χ4v) is 2.69. The third-order valence-corrected chi connectivity index (χ3v) is 4.38. The molecule has 0 fully saturated rings. The number of para-hydroxylation sites is 3. The average molecular weight is 452 g/mol. The summed E-state index contributed by atoms with van der Waals surface area (Å²) in [4.78, 5) is 36.5. The zero-order valence-electron chi connectivity index (χ0n) is 16.9. The lowest BCUT2D eigenvalue weighted by atomic mass is 10.2. The number of halogens is 1. The van der Waals surface area contributed by atoms with Gasteiger partial charge in [0.15, 0.2) is 0 Å². The number of carbonyl (C=O) groups excluding carboxylic acids is 3. The maximum absolute atomic E-state index is 12.3. The van der Waals surface area contributed by atoms with Gasteiger partial charge in [0, 0.05) is 10.6 Å². The molecule has 3 aromatic carbocycles. The predicted molar refractivity (Wildman–Crippen MR) is 120 cm³/mol. The number of hydrogen-bond acceptors (Lipinski definition) is 6. The molecule has 3 aromatic rings. The third-order valence-electron chi connectivity index (χ3n) is 4.13. The van der Waals surface area contributed by atoms with Crippen molar-refractivity contribution >= 4 is 41.3 Å². The molecule has 0 aliphatic rings. The van der Waals surface area contributed by atoms with Gasteiger partial charge in [0.25, 0.3) is 0 Å². The van der Waals surface area contributed by atoms with Crippen LogP contribution in [0.1, 0.15) is 15.9 Å². The maximum Gasteiger partial charge on any atom is 0.343 e. The van der Waals surface area contributed by atoms with Gasteiger partial charge in [-0.05, 0) is 48.5 Å². The topological polar surface area (TPSA) is 106 Å². The summed E-state index contributed by atoms with van der Waals surface area (Å²) in [7, 11) is 1.45. The van der Waals surface area contributed by atoms with Gasteiger partial charge < -0.3 is 14.8 Å². The second kappa shape index (κ2) is 10.7. The van der Waals surface area contributed by atoms with Crippen molar-refractivity contribution in [3.63, 3.8) is 0 Å². The summed E-state index contributed by atoms with van der Waals surface area (Å²) in [5.74, 6) is -1.85. The third kappa shape index (κ3) is 5.93. The molecule has 0 atom stereocenters. The molecule has 0 heterocycles. The molecule has 0 aliphatic carbocycles. The van der Waals surface area contributed by atoms with Gasteiger partial charge in [-0.2, -0.15) is 5.10 Å². The zero-order chi connectivity index (χ0) is 22.9. The Hall–Kier alpha value is -4.17. The first-order valence-electron chi connectivity index (χ1n) is 9.32. The molecule has 2 amide bonds. The van der Waals surface area contributed by atoms with E-state index < -0.39 is 17.8 Å². The van der Waals surface area contributed by atoms with Gasteiger partial charge >= 0.3 is 17.8 Å². The van der Waals surface area contributed by atoms with Crippen LogP contribution >= 0.6 is 11.6 Å². The van der Waals surface area contributed by atoms with Gasteiger partial charge in [-0.25, -0.2) is 10.2 Å². The summed E-state index contributed by atoms with van der Waals surface area (Å²) in [6.45, 7) is 0. The molecule has 0 bridgehead atoms. The van der Waals surface area contributed by atoms with Crippen LogP contribution < -0.4 is 20.2 Å². The highest BCUT2D eigenvalue weighted by molar-refractivity contribution is 6.39. The van der Waals surface area contributed by atoms with E-state index in [2.05, 4.69) is 15.8 Å². The number of ether oxygens (including phenoxy) is 2. The highest BCUT2D eigenvalue weighted by atomic mass is 35.5. The van der Waals surface area contributed by atoms with E-state index in [1.54, 1.807) is 72.8 Å². The van der Waals surface area contributed by atoms with Crippen molar-refractivity contribution in [1.29, 1.82) is 0 Å². The van der Waals surface area contributed by atoms with Gasteiger partial charge in [0.1, 0.15) is 11.5 Å². The van der Waals surface area contributed by atoms with E-state index in [4.69, 9.17) is 21.1 Å². The van der Waals surface area contributed by atoms with Crippen LogP contribution in [0.4, 0.5) is 5.69 Å². The number of hydrogen-bond donors (Lipinski definition) is 2. The first-order valence-corrected chi connectivity index (χ1v) is 9.70. The first kappa shape index (κ1) is 22.5. The number of nitrogens with one attached hydrogen (secondary N) is 2. The number of anilines is 1. The van der Waals surface area contributed by atoms with Crippen LogP contribution in [0.25, 0.3) is 0 Å². The summed E-state index contributed by atoms with van der Waals surface area (Å²) < 4.78 is 10.5. The molecule has 0 spiro atoms. The minimum atomic E-state index is -0.984. The highest BCUT2D eigenvalue weighted by Gasteiger charge is 2.15. The molecule has 2 N–H and O–H groups in total. The molecular weight excluding hydrogens is 434 g/mol. The summed E-state index contributed by atoms with van der Waals surface area (Å²) in [5.41, 5.74) is 3.21. The Morgan fingerprint density at radius 2 is 1.53 bits per heavy atom. The molecule has 0 aromatic heterocycles. The van der Waals surface area contributed by atoms with Gasteiger partial charge in [-0.15, -0.1) is 0 Å². The van der Waals surface area contributed by atoms with Crippen molar-refractivity contribution in [3.8, 4) is 11.5 Å². The Morgan fingerprint density at radius 1 is 0.875 bits per heavy atom. The zero-order valence-corrected chi connectivity index (χ0v) is 17.6. The van der Waals surface area contributed by atoms with Crippen molar-refractivity contribution in [2.45, 2.75) is 0 Å². The number of methoxy groups -OCH3 is 1. The molecule has 8 nitrogen and oxygen atoms in total. The number of nitrogens with zero attached hydrogens (tertiary/aromatic N) is 1. The highest BCUT2D eigenvalue weighted by Crippen LogP contribution is 2.23. The van der Waals surface area contributed by atoms with Crippen molar-refractivity contribution in [2.24, 2.45) is 5.10 Å².